The maximum absolute atomic E-state index is 13.0. The number of carbonyl (C=O) groups is 1. The molecule has 1 aliphatic rings. The summed E-state index contributed by atoms with van der Waals surface area (Å²) in [5.41, 5.74) is 4.75. The number of hydrogen-bond acceptors (Lipinski definition) is 6. The van der Waals surface area contributed by atoms with Crippen molar-refractivity contribution in [2.45, 2.75) is 6.42 Å². The quantitative estimate of drug-likeness (QED) is 0.147. The fourth-order valence-corrected chi connectivity index (χ4v) is 3.83. The number of fused-ring (bicyclic) bond motifs is 1. The van der Waals surface area contributed by atoms with Crippen LogP contribution >= 0.6 is 17.0 Å². The van der Waals surface area contributed by atoms with Crippen LogP contribution in [0, 0.1) is 10.1 Å². The summed E-state index contributed by atoms with van der Waals surface area (Å²) in [6, 6.07) is 21.9. The van der Waals surface area contributed by atoms with E-state index in [1.165, 1.54) is 17.7 Å². The van der Waals surface area contributed by atoms with E-state index in [2.05, 4.69) is 16.0 Å². The van der Waals surface area contributed by atoms with Crippen molar-refractivity contribution < 1.29 is 14.5 Å². The molecular formula is C26H27BrN4O4. The second-order valence-corrected chi connectivity index (χ2v) is 7.87. The van der Waals surface area contributed by atoms with Gasteiger partial charge in [0.15, 0.2) is 0 Å². The first kappa shape index (κ1) is 26.1. The number of nitrogens with zero attached hydrogens (tertiary/aromatic N) is 1. The third-order valence-corrected chi connectivity index (χ3v) is 5.57. The summed E-state index contributed by atoms with van der Waals surface area (Å²) in [5.74, 6) is -0.305. The molecule has 0 radical (unpaired) electrons. The molecule has 0 spiro atoms. The molecule has 8 nitrogen and oxygen atoms in total. The van der Waals surface area contributed by atoms with Crippen LogP contribution in [0.2, 0.25) is 0 Å². The molecule has 9 heteroatoms. The number of methoxy groups -OCH3 is 1. The van der Waals surface area contributed by atoms with Gasteiger partial charge in [-0.3, -0.25) is 14.9 Å². The van der Waals surface area contributed by atoms with E-state index in [0.717, 1.165) is 30.8 Å². The first-order valence-corrected chi connectivity index (χ1v) is 11.0. The van der Waals surface area contributed by atoms with Gasteiger partial charge in [0.05, 0.1) is 22.8 Å². The number of non-ortho nitro benzene ring substituents is 1. The van der Waals surface area contributed by atoms with E-state index in [9.17, 15) is 14.9 Å². The summed E-state index contributed by atoms with van der Waals surface area (Å²) in [7, 11) is 1.68. The molecule has 0 saturated carbocycles. The number of halogens is 1. The molecule has 0 atom stereocenters. The van der Waals surface area contributed by atoms with Gasteiger partial charge in [-0.05, 0) is 42.3 Å². The Balaban J connectivity index is 0.00000342. The Hall–Kier alpha value is -3.53. The predicted octanol–water partition coefficient (Wildman–Crippen LogP) is 4.88. The maximum atomic E-state index is 13.0. The minimum absolute atomic E-state index is 0. The molecule has 4 rings (SSSR count). The fourth-order valence-electron chi connectivity index (χ4n) is 3.83. The number of benzene rings is 3. The fraction of sp³-hybridized carbons (Fsp3) is 0.192. The topological polar surface area (TPSA) is 106 Å². The van der Waals surface area contributed by atoms with Gasteiger partial charge < -0.3 is 20.7 Å². The van der Waals surface area contributed by atoms with Crippen molar-refractivity contribution in [1.29, 1.82) is 0 Å². The number of nitro benzene ring substituents is 1. The third kappa shape index (κ3) is 6.33. The highest BCUT2D eigenvalue weighted by Crippen LogP contribution is 2.39. The lowest BCUT2D eigenvalue weighted by Gasteiger charge is -2.15. The zero-order chi connectivity index (χ0) is 23.9. The Bertz CT molecular complexity index is 1210. The van der Waals surface area contributed by atoms with E-state index in [1.807, 2.05) is 54.6 Å². The molecule has 0 aliphatic carbocycles. The number of ether oxygens (including phenoxy) is 1. The molecule has 3 aromatic carbocycles. The Morgan fingerprint density at radius 2 is 1.77 bits per heavy atom. The lowest BCUT2D eigenvalue weighted by Crippen LogP contribution is -2.21. The van der Waals surface area contributed by atoms with E-state index >= 15 is 0 Å². The monoisotopic (exact) mass is 538 g/mol. The zero-order valence-corrected chi connectivity index (χ0v) is 21.0. The minimum Gasteiger partial charge on any atom is -0.383 e. The van der Waals surface area contributed by atoms with E-state index in [-0.39, 0.29) is 28.6 Å². The van der Waals surface area contributed by atoms with Gasteiger partial charge >= 0.3 is 0 Å². The zero-order valence-electron chi connectivity index (χ0n) is 19.2. The van der Waals surface area contributed by atoms with E-state index < -0.39 is 4.92 Å². The van der Waals surface area contributed by atoms with Crippen LogP contribution in [-0.4, -0.2) is 37.6 Å². The molecule has 182 valence electrons. The van der Waals surface area contributed by atoms with Crippen molar-refractivity contribution in [1.82, 2.24) is 5.32 Å². The van der Waals surface area contributed by atoms with Gasteiger partial charge in [-0.25, -0.2) is 0 Å². The summed E-state index contributed by atoms with van der Waals surface area (Å²) in [6.45, 7) is 2.34. The average molecular weight is 539 g/mol. The van der Waals surface area contributed by atoms with Crippen LogP contribution in [0.15, 0.2) is 72.8 Å². The minimum atomic E-state index is -0.459. The maximum Gasteiger partial charge on any atom is 0.270 e. The number of rotatable bonds is 10. The molecule has 0 aromatic heterocycles. The van der Waals surface area contributed by atoms with Gasteiger partial charge in [0, 0.05) is 42.7 Å². The molecular weight excluding hydrogens is 512 g/mol. The van der Waals surface area contributed by atoms with E-state index in [0.29, 0.717) is 29.1 Å². The summed E-state index contributed by atoms with van der Waals surface area (Å²) < 4.78 is 5.04. The molecule has 3 aromatic rings. The third-order valence-electron chi connectivity index (χ3n) is 5.57. The first-order chi connectivity index (χ1) is 16.6. The van der Waals surface area contributed by atoms with Crippen LogP contribution in [-0.2, 0) is 16.0 Å². The number of carbonyl (C=O) groups excluding carboxylic acids is 1. The number of anilines is 2. The largest absolute Gasteiger partial charge is 0.383 e. The van der Waals surface area contributed by atoms with Crippen LogP contribution < -0.4 is 16.0 Å². The Morgan fingerprint density at radius 1 is 1.03 bits per heavy atom. The van der Waals surface area contributed by atoms with Crippen LogP contribution in [0.5, 0.6) is 0 Å². The van der Waals surface area contributed by atoms with Crippen molar-refractivity contribution in [3.63, 3.8) is 0 Å². The highest BCUT2D eigenvalue weighted by Gasteiger charge is 2.30. The van der Waals surface area contributed by atoms with Gasteiger partial charge in [-0.15, -0.1) is 17.0 Å². The second kappa shape index (κ2) is 12.3. The van der Waals surface area contributed by atoms with Gasteiger partial charge in [0.2, 0.25) is 0 Å². The number of hydrogen-bond donors (Lipinski definition) is 3. The van der Waals surface area contributed by atoms with Crippen molar-refractivity contribution in [2.24, 2.45) is 0 Å². The molecule has 0 saturated heterocycles. The van der Waals surface area contributed by atoms with Gasteiger partial charge in [0.25, 0.3) is 11.6 Å². The van der Waals surface area contributed by atoms with Crippen LogP contribution in [0.3, 0.4) is 0 Å². The Morgan fingerprint density at radius 3 is 2.46 bits per heavy atom. The standard InChI is InChI=1S/C26H26N4O4.BrH/c1-34-16-15-27-14-13-18-7-9-20(10-8-18)28-25(19-5-3-2-4-6-19)24-22-17-21(30(32)33)11-12-23(22)29-26(24)31;/h2-12,17,27-28H,13-16H2,1H3,(H,29,31);1H. The molecule has 1 amide bonds. The molecule has 1 aliphatic heterocycles. The van der Waals surface area contributed by atoms with Crippen LogP contribution in [0.25, 0.3) is 11.3 Å². The lowest BCUT2D eigenvalue weighted by atomic mass is 9.99. The smallest absolute Gasteiger partial charge is 0.270 e. The SMILES string of the molecule is Br.COCCNCCc1ccc(NC(=C2C(=O)Nc3ccc([N+](=O)[O-])cc32)c2ccccc2)cc1. The highest BCUT2D eigenvalue weighted by atomic mass is 79.9. The van der Waals surface area contributed by atoms with Crippen LogP contribution in [0.1, 0.15) is 16.7 Å². The number of nitrogens with one attached hydrogen (secondary N) is 3. The summed E-state index contributed by atoms with van der Waals surface area (Å²) in [6.07, 6.45) is 0.885. The van der Waals surface area contributed by atoms with Crippen molar-refractivity contribution in [2.75, 3.05) is 37.4 Å². The summed E-state index contributed by atoms with van der Waals surface area (Å²) in [4.78, 5) is 23.8. The Labute approximate surface area is 214 Å². The van der Waals surface area contributed by atoms with Gasteiger partial charge in [-0.2, -0.15) is 0 Å². The highest BCUT2D eigenvalue weighted by molar-refractivity contribution is 8.93. The number of nitro groups is 1. The molecule has 1 heterocycles. The van der Waals surface area contributed by atoms with Gasteiger partial charge in [0.1, 0.15) is 0 Å². The average Bonchev–Trinajstić information content (AvgIpc) is 3.18. The predicted molar refractivity (Wildman–Crippen MR) is 144 cm³/mol. The summed E-state index contributed by atoms with van der Waals surface area (Å²) in [5, 5.41) is 20.9. The van der Waals surface area contributed by atoms with Crippen LogP contribution in [0.4, 0.5) is 17.1 Å². The molecule has 0 bridgehead atoms. The second-order valence-electron chi connectivity index (χ2n) is 7.87. The molecule has 35 heavy (non-hydrogen) atoms. The number of amides is 1. The summed E-state index contributed by atoms with van der Waals surface area (Å²) >= 11 is 0. The van der Waals surface area contributed by atoms with Crippen molar-refractivity contribution >= 4 is 51.2 Å². The van der Waals surface area contributed by atoms with E-state index in [1.54, 1.807) is 13.2 Å². The Kier molecular flexibility index (Phi) is 9.13. The van der Waals surface area contributed by atoms with Crippen molar-refractivity contribution in [3.05, 3.63) is 99.6 Å². The normalized spacial score (nSPS) is 13.5. The molecule has 0 fully saturated rings. The molecule has 0 unspecified atom stereocenters. The van der Waals surface area contributed by atoms with Gasteiger partial charge in [-0.1, -0.05) is 42.5 Å². The van der Waals surface area contributed by atoms with Crippen molar-refractivity contribution in [3.8, 4) is 0 Å². The molecule has 3 N–H and O–H groups in total. The first-order valence-electron chi connectivity index (χ1n) is 11.0. The van der Waals surface area contributed by atoms with E-state index in [4.69, 9.17) is 4.74 Å². The lowest BCUT2D eigenvalue weighted by molar-refractivity contribution is -0.384.